The molecule has 1 amide bonds. The molecule has 3 rings (SSSR count). The van der Waals surface area contributed by atoms with Crippen molar-refractivity contribution in [2.24, 2.45) is 0 Å². The highest BCUT2D eigenvalue weighted by Gasteiger charge is 2.28. The second-order valence-corrected chi connectivity index (χ2v) is 7.33. The minimum atomic E-state index is -0.553. The van der Waals surface area contributed by atoms with E-state index < -0.39 is 24.5 Å². The molecule has 1 aromatic carbocycles. The summed E-state index contributed by atoms with van der Waals surface area (Å²) in [6.45, 7) is 3.39. The van der Waals surface area contributed by atoms with Gasteiger partial charge in [-0.3, -0.25) is 4.79 Å². The molecule has 2 aromatic rings. The molecule has 0 bridgehead atoms. The Hall–Kier alpha value is -2.67. The minimum Gasteiger partial charge on any atom is -0.462 e. The Morgan fingerprint density at radius 3 is 2.63 bits per heavy atom. The van der Waals surface area contributed by atoms with Gasteiger partial charge in [-0.05, 0) is 50.3 Å². The van der Waals surface area contributed by atoms with Gasteiger partial charge in [-0.1, -0.05) is 18.2 Å². The Morgan fingerprint density at radius 2 is 1.89 bits per heavy atom. The molecule has 0 saturated carbocycles. The third-order valence-electron chi connectivity index (χ3n) is 4.35. The number of thiophene rings is 1. The molecule has 0 atom stereocenters. The predicted molar refractivity (Wildman–Crippen MR) is 102 cm³/mol. The van der Waals surface area contributed by atoms with Crippen molar-refractivity contribution in [3.05, 3.63) is 51.4 Å². The molecule has 0 fully saturated rings. The van der Waals surface area contributed by atoms with Crippen molar-refractivity contribution in [3.8, 4) is 0 Å². The zero-order valence-corrected chi connectivity index (χ0v) is 16.1. The van der Waals surface area contributed by atoms with Crippen LogP contribution in [0.5, 0.6) is 0 Å². The summed E-state index contributed by atoms with van der Waals surface area (Å²) >= 11 is 1.39. The van der Waals surface area contributed by atoms with Gasteiger partial charge in [0.1, 0.15) is 5.00 Å². The van der Waals surface area contributed by atoms with Crippen LogP contribution in [0.2, 0.25) is 0 Å². The highest BCUT2D eigenvalue weighted by atomic mass is 32.1. The molecule has 1 aliphatic carbocycles. The maximum atomic E-state index is 12.3. The van der Waals surface area contributed by atoms with Gasteiger partial charge >= 0.3 is 11.9 Å². The highest BCUT2D eigenvalue weighted by Crippen LogP contribution is 2.39. The molecule has 27 heavy (non-hydrogen) atoms. The van der Waals surface area contributed by atoms with Gasteiger partial charge in [0.15, 0.2) is 6.61 Å². The number of anilines is 1. The fraction of sp³-hybridized carbons (Fsp3) is 0.350. The summed E-state index contributed by atoms with van der Waals surface area (Å²) in [4.78, 5) is 37.8. The summed E-state index contributed by atoms with van der Waals surface area (Å²) in [5, 5.41) is 3.17. The molecule has 6 nitrogen and oxygen atoms in total. The van der Waals surface area contributed by atoms with Crippen molar-refractivity contribution in [2.45, 2.75) is 33.1 Å². The van der Waals surface area contributed by atoms with Crippen molar-refractivity contribution in [1.82, 2.24) is 0 Å². The van der Waals surface area contributed by atoms with E-state index in [4.69, 9.17) is 9.47 Å². The average molecular weight is 387 g/mol. The fourth-order valence-corrected chi connectivity index (χ4v) is 4.38. The number of fused-ring (bicyclic) bond motifs is 1. The molecular formula is C20H21NO5S. The van der Waals surface area contributed by atoms with Crippen LogP contribution in [-0.4, -0.2) is 31.1 Å². The number of hydrogen-bond donors (Lipinski definition) is 1. The molecular weight excluding hydrogens is 366 g/mol. The Labute approximate surface area is 161 Å². The van der Waals surface area contributed by atoms with E-state index in [1.165, 1.54) is 11.3 Å². The maximum Gasteiger partial charge on any atom is 0.341 e. The Kier molecular flexibility index (Phi) is 5.91. The van der Waals surface area contributed by atoms with E-state index >= 15 is 0 Å². The molecule has 1 aliphatic rings. The molecule has 1 heterocycles. The van der Waals surface area contributed by atoms with Crippen LogP contribution in [0.15, 0.2) is 24.3 Å². The molecule has 0 radical (unpaired) electrons. The zero-order valence-electron chi connectivity index (χ0n) is 15.3. The van der Waals surface area contributed by atoms with Crippen molar-refractivity contribution in [1.29, 1.82) is 0 Å². The first-order valence-corrected chi connectivity index (χ1v) is 9.67. The predicted octanol–water partition coefficient (Wildman–Crippen LogP) is 3.52. The summed E-state index contributed by atoms with van der Waals surface area (Å²) in [6.07, 6.45) is 2.69. The molecule has 0 aliphatic heterocycles. The van der Waals surface area contributed by atoms with Crippen molar-refractivity contribution in [2.75, 3.05) is 18.5 Å². The third-order valence-corrected chi connectivity index (χ3v) is 5.56. The molecule has 1 N–H and O–H groups in total. The second-order valence-electron chi connectivity index (χ2n) is 6.22. The van der Waals surface area contributed by atoms with Crippen molar-refractivity contribution < 1.29 is 23.9 Å². The summed E-state index contributed by atoms with van der Waals surface area (Å²) in [5.41, 5.74) is 2.60. The van der Waals surface area contributed by atoms with Gasteiger partial charge in [0.05, 0.1) is 17.7 Å². The van der Waals surface area contributed by atoms with Crippen molar-refractivity contribution >= 4 is 34.2 Å². The second kappa shape index (κ2) is 8.35. The lowest BCUT2D eigenvalue weighted by molar-refractivity contribution is -0.119. The molecule has 0 unspecified atom stereocenters. The van der Waals surface area contributed by atoms with E-state index in [0.717, 1.165) is 35.3 Å². The number of esters is 2. The van der Waals surface area contributed by atoms with Gasteiger partial charge < -0.3 is 14.8 Å². The first-order valence-electron chi connectivity index (χ1n) is 8.85. The molecule has 0 saturated heterocycles. The van der Waals surface area contributed by atoms with E-state index in [0.29, 0.717) is 16.1 Å². The number of carbonyl (C=O) groups is 3. The summed E-state index contributed by atoms with van der Waals surface area (Å²) in [5.74, 6) is -1.46. The van der Waals surface area contributed by atoms with Crippen LogP contribution < -0.4 is 5.32 Å². The lowest BCUT2D eigenvalue weighted by Crippen LogP contribution is -2.22. The summed E-state index contributed by atoms with van der Waals surface area (Å²) < 4.78 is 10.2. The summed E-state index contributed by atoms with van der Waals surface area (Å²) in [7, 11) is 0. The molecule has 7 heteroatoms. The first kappa shape index (κ1) is 19.1. The van der Waals surface area contributed by atoms with Crippen LogP contribution in [0.1, 0.15) is 50.1 Å². The van der Waals surface area contributed by atoms with Gasteiger partial charge in [0.2, 0.25) is 0 Å². The van der Waals surface area contributed by atoms with E-state index in [1.54, 1.807) is 32.0 Å². The molecule has 0 spiro atoms. The smallest absolute Gasteiger partial charge is 0.341 e. The van der Waals surface area contributed by atoms with Crippen LogP contribution in [0.4, 0.5) is 5.00 Å². The standard InChI is InChI=1S/C20H21NO5S/c1-3-25-20(24)17-14-9-6-10-15(14)27-18(17)21-16(22)11-26-19(23)13-8-5-4-7-12(13)2/h4-5,7-8H,3,6,9-11H2,1-2H3,(H,21,22). The van der Waals surface area contributed by atoms with Crippen molar-refractivity contribution in [3.63, 3.8) is 0 Å². The topological polar surface area (TPSA) is 81.7 Å². The number of rotatable bonds is 6. The lowest BCUT2D eigenvalue weighted by atomic mass is 10.1. The van der Waals surface area contributed by atoms with Gasteiger partial charge in [0.25, 0.3) is 5.91 Å². The number of ether oxygens (including phenoxy) is 2. The number of aryl methyl sites for hydroxylation is 2. The lowest BCUT2D eigenvalue weighted by Gasteiger charge is -2.09. The zero-order chi connectivity index (χ0) is 19.4. The summed E-state index contributed by atoms with van der Waals surface area (Å²) in [6, 6.07) is 7.02. The van der Waals surface area contributed by atoms with E-state index in [2.05, 4.69) is 5.32 Å². The van der Waals surface area contributed by atoms with Crippen LogP contribution >= 0.6 is 11.3 Å². The number of amides is 1. The number of nitrogens with one attached hydrogen (secondary N) is 1. The largest absolute Gasteiger partial charge is 0.462 e. The Bertz CT molecular complexity index is 886. The van der Waals surface area contributed by atoms with Gasteiger partial charge in [-0.25, -0.2) is 9.59 Å². The van der Waals surface area contributed by atoms with Crippen LogP contribution in [0, 0.1) is 6.92 Å². The number of carbonyl (C=O) groups excluding carboxylic acids is 3. The highest BCUT2D eigenvalue weighted by molar-refractivity contribution is 7.17. The average Bonchev–Trinajstić information content (AvgIpc) is 3.20. The minimum absolute atomic E-state index is 0.269. The monoisotopic (exact) mass is 387 g/mol. The maximum absolute atomic E-state index is 12.3. The third kappa shape index (κ3) is 4.19. The van der Waals surface area contributed by atoms with Gasteiger partial charge in [-0.2, -0.15) is 0 Å². The first-order chi connectivity index (χ1) is 13.0. The fourth-order valence-electron chi connectivity index (χ4n) is 3.09. The molecule has 142 valence electrons. The van der Waals surface area contributed by atoms with Gasteiger partial charge in [-0.15, -0.1) is 11.3 Å². The van der Waals surface area contributed by atoms with Gasteiger partial charge in [0, 0.05) is 4.88 Å². The van der Waals surface area contributed by atoms with Crippen LogP contribution in [0.3, 0.4) is 0 Å². The molecule has 1 aromatic heterocycles. The van der Waals surface area contributed by atoms with E-state index in [-0.39, 0.29) is 6.61 Å². The number of benzene rings is 1. The normalized spacial score (nSPS) is 12.4. The Balaban J connectivity index is 1.67. The van der Waals surface area contributed by atoms with E-state index in [9.17, 15) is 14.4 Å². The van der Waals surface area contributed by atoms with E-state index in [1.807, 2.05) is 6.07 Å². The quantitative estimate of drug-likeness (QED) is 0.767. The number of hydrogen-bond acceptors (Lipinski definition) is 6. The SMILES string of the molecule is CCOC(=O)c1c(NC(=O)COC(=O)c2ccccc2C)sc2c1CCC2. The van der Waals surface area contributed by atoms with Crippen LogP contribution in [0.25, 0.3) is 0 Å². The Morgan fingerprint density at radius 1 is 1.11 bits per heavy atom. The van der Waals surface area contributed by atoms with Crippen LogP contribution in [-0.2, 0) is 27.1 Å².